The Kier molecular flexibility index (Phi) is 9.42. The number of carboxylic acids is 1. The first-order chi connectivity index (χ1) is 14.1. The number of ether oxygens (including phenoxy) is 1. The molecule has 0 spiro atoms. The molecule has 1 aliphatic rings. The van der Waals surface area contributed by atoms with E-state index in [0.717, 1.165) is 4.57 Å². The average Bonchev–Trinajstić information content (AvgIpc) is 2.66. The van der Waals surface area contributed by atoms with Crippen molar-refractivity contribution in [2.45, 2.75) is 37.3 Å². The highest BCUT2D eigenvalue weighted by Crippen LogP contribution is 2.20. The summed E-state index contributed by atoms with van der Waals surface area (Å²) in [6.07, 6.45) is 2.27. The molecule has 1 aromatic heterocycles. The van der Waals surface area contributed by atoms with Gasteiger partial charge in [0.05, 0.1) is 19.6 Å². The number of carbonyl (C=O) groups is 2. The molecule has 1 amide bonds. The number of rotatable bonds is 8. The van der Waals surface area contributed by atoms with Crippen LogP contribution in [0.3, 0.4) is 0 Å². The third-order valence-corrected chi connectivity index (χ3v) is 4.52. The van der Waals surface area contributed by atoms with Gasteiger partial charge in [-0.1, -0.05) is 6.08 Å². The normalized spacial score (nSPS) is 20.9. The highest BCUT2D eigenvalue weighted by atomic mass is 35.5. The quantitative estimate of drug-likeness (QED) is 0.0936. The van der Waals surface area contributed by atoms with Crippen LogP contribution < -0.4 is 46.3 Å². The summed E-state index contributed by atoms with van der Waals surface area (Å²) in [5.41, 5.74) is 21.6. The summed E-state index contributed by atoms with van der Waals surface area (Å²) < 4.78 is 8.18. The van der Waals surface area contributed by atoms with E-state index < -0.39 is 42.0 Å². The first kappa shape index (κ1) is 25.9. The molecule has 0 radical (unpaired) electrons. The lowest BCUT2D eigenvalue weighted by atomic mass is 10.1. The SMILES string of the molecule is C[N+](CC[C@@H](N)CC(=O)N[C@H]1C=C[C@@H](n2ccc(N)nc2=O)O[C@H]1C(=O)O)=C(N)N.[Cl-]. The number of hydrogen-bond acceptors (Lipinski definition) is 7. The van der Waals surface area contributed by atoms with Gasteiger partial charge < -0.3 is 39.0 Å². The number of nitrogens with zero attached hydrogens (tertiary/aromatic N) is 3. The summed E-state index contributed by atoms with van der Waals surface area (Å²) in [4.78, 5) is 39.5. The van der Waals surface area contributed by atoms with E-state index in [1.165, 1.54) is 24.4 Å². The van der Waals surface area contributed by atoms with Gasteiger partial charge in [-0.3, -0.25) is 25.4 Å². The molecule has 1 aromatic rings. The fourth-order valence-corrected chi connectivity index (χ4v) is 2.78. The topological polar surface area (TPSA) is 218 Å². The van der Waals surface area contributed by atoms with Crippen molar-refractivity contribution in [3.8, 4) is 0 Å². The highest BCUT2D eigenvalue weighted by molar-refractivity contribution is 5.80. The minimum atomic E-state index is -1.41. The molecule has 4 atom stereocenters. The Hall–Kier alpha value is -3.16. The summed E-state index contributed by atoms with van der Waals surface area (Å²) in [6, 6.07) is -0.0285. The molecule has 13 nitrogen and oxygen atoms in total. The van der Waals surface area contributed by atoms with Crippen LogP contribution in [-0.2, 0) is 14.3 Å². The van der Waals surface area contributed by atoms with Crippen LogP contribution >= 0.6 is 0 Å². The number of amides is 1. The fourth-order valence-electron chi connectivity index (χ4n) is 2.78. The van der Waals surface area contributed by atoms with E-state index in [-0.39, 0.29) is 30.6 Å². The molecule has 14 heteroatoms. The van der Waals surface area contributed by atoms with Crippen molar-refractivity contribution in [3.63, 3.8) is 0 Å². The van der Waals surface area contributed by atoms with E-state index in [2.05, 4.69) is 10.3 Å². The summed E-state index contributed by atoms with van der Waals surface area (Å²) in [7, 11) is 1.70. The number of carbonyl (C=O) groups excluding carboxylic acids is 1. The van der Waals surface area contributed by atoms with Crippen LogP contribution in [0.15, 0.2) is 29.2 Å². The number of nitrogen functional groups attached to an aromatic ring is 1. The molecular formula is C17H27ClN8O5. The van der Waals surface area contributed by atoms with E-state index in [0.29, 0.717) is 13.0 Å². The van der Waals surface area contributed by atoms with Gasteiger partial charge in [0.15, 0.2) is 12.3 Å². The predicted molar refractivity (Wildman–Crippen MR) is 107 cm³/mol. The minimum absolute atomic E-state index is 0. The van der Waals surface area contributed by atoms with Crippen molar-refractivity contribution in [2.75, 3.05) is 19.3 Å². The standard InChI is InChI=1S/C17H26N8O5.ClH/c1-24(16(20)21)6-4-9(18)8-12(26)22-10-2-3-13(30-14(10)15(27)28)25-7-5-11(19)23-17(25)29;/h2-3,5,7,9-10,13-14H,4,6,8,18H2,1H3,(H7,19,20,21,22,23,26,27,28,29);1H/t9-,10+,13+,14-;/m1./s1. The molecule has 31 heavy (non-hydrogen) atoms. The molecule has 0 saturated heterocycles. The second kappa shape index (κ2) is 11.3. The van der Waals surface area contributed by atoms with Crippen LogP contribution in [-0.4, -0.2) is 68.8 Å². The van der Waals surface area contributed by atoms with Crippen molar-refractivity contribution in [2.24, 2.45) is 17.2 Å². The number of halogens is 1. The van der Waals surface area contributed by atoms with Crippen LogP contribution in [0.1, 0.15) is 19.1 Å². The Morgan fingerprint density at radius 1 is 1.39 bits per heavy atom. The lowest BCUT2D eigenvalue weighted by Gasteiger charge is -2.31. The van der Waals surface area contributed by atoms with Gasteiger partial charge in [-0.05, 0) is 18.6 Å². The number of carboxylic acid groups (broad SMARTS) is 1. The summed E-state index contributed by atoms with van der Waals surface area (Å²) in [6.45, 7) is 0.465. The van der Waals surface area contributed by atoms with Crippen molar-refractivity contribution in [3.05, 3.63) is 34.9 Å². The maximum Gasteiger partial charge on any atom is 0.351 e. The first-order valence-corrected chi connectivity index (χ1v) is 9.13. The van der Waals surface area contributed by atoms with Gasteiger partial charge in [-0.15, -0.1) is 0 Å². The van der Waals surface area contributed by atoms with Crippen molar-refractivity contribution >= 4 is 23.7 Å². The molecule has 10 N–H and O–H groups in total. The first-order valence-electron chi connectivity index (χ1n) is 9.13. The molecule has 2 rings (SSSR count). The second-order valence-electron chi connectivity index (χ2n) is 6.91. The van der Waals surface area contributed by atoms with Crippen LogP contribution in [0, 0.1) is 0 Å². The zero-order chi connectivity index (χ0) is 22.4. The van der Waals surface area contributed by atoms with Gasteiger partial charge in [0, 0.05) is 18.7 Å². The van der Waals surface area contributed by atoms with Gasteiger partial charge in [0.1, 0.15) is 5.82 Å². The Bertz CT molecular complexity index is 914. The maximum atomic E-state index is 12.3. The molecule has 2 heterocycles. The van der Waals surface area contributed by atoms with E-state index in [4.69, 9.17) is 27.7 Å². The smallest absolute Gasteiger partial charge is 0.351 e. The molecule has 0 saturated carbocycles. The maximum absolute atomic E-state index is 12.3. The van der Waals surface area contributed by atoms with Gasteiger partial charge in [-0.25, -0.2) is 9.59 Å². The van der Waals surface area contributed by atoms with E-state index in [1.807, 2.05) is 0 Å². The van der Waals surface area contributed by atoms with E-state index in [1.54, 1.807) is 11.6 Å². The van der Waals surface area contributed by atoms with Gasteiger partial charge >= 0.3 is 17.6 Å². The molecule has 1 aliphatic heterocycles. The zero-order valence-corrected chi connectivity index (χ0v) is 17.6. The number of aliphatic carboxylic acids is 1. The van der Waals surface area contributed by atoms with Crippen LogP contribution in [0.25, 0.3) is 0 Å². The molecule has 0 bridgehead atoms. The molecular weight excluding hydrogens is 432 g/mol. The molecule has 0 aliphatic carbocycles. The molecule has 0 unspecified atom stereocenters. The third kappa shape index (κ3) is 7.24. The second-order valence-corrected chi connectivity index (χ2v) is 6.91. The van der Waals surface area contributed by atoms with E-state index in [9.17, 15) is 19.5 Å². The Labute approximate surface area is 184 Å². The molecule has 0 aromatic carbocycles. The van der Waals surface area contributed by atoms with Crippen molar-refractivity contribution in [1.29, 1.82) is 0 Å². The fraction of sp³-hybridized carbons (Fsp3) is 0.471. The lowest BCUT2D eigenvalue weighted by Crippen LogP contribution is -3.00. The van der Waals surface area contributed by atoms with Gasteiger partial charge in [0.2, 0.25) is 5.91 Å². The Morgan fingerprint density at radius 2 is 2.06 bits per heavy atom. The minimum Gasteiger partial charge on any atom is -1.00 e. The molecule has 0 fully saturated rings. The van der Waals surface area contributed by atoms with Gasteiger partial charge in [0.25, 0.3) is 0 Å². The zero-order valence-electron chi connectivity index (χ0n) is 16.8. The highest BCUT2D eigenvalue weighted by Gasteiger charge is 2.35. The lowest BCUT2D eigenvalue weighted by molar-refractivity contribution is -0.500. The number of nitrogens with one attached hydrogen (secondary N) is 1. The number of nitrogens with two attached hydrogens (primary N) is 4. The Morgan fingerprint density at radius 3 is 2.65 bits per heavy atom. The Balaban J connectivity index is 0.00000480. The predicted octanol–water partition coefficient (Wildman–Crippen LogP) is -6.12. The molecule has 172 valence electrons. The third-order valence-electron chi connectivity index (χ3n) is 4.52. The number of anilines is 1. The largest absolute Gasteiger partial charge is 1.00 e. The number of hydrogen-bond donors (Lipinski definition) is 6. The average molecular weight is 459 g/mol. The van der Waals surface area contributed by atoms with Crippen molar-refractivity contribution < 1.29 is 36.4 Å². The van der Waals surface area contributed by atoms with E-state index >= 15 is 0 Å². The number of guanidine groups is 1. The monoisotopic (exact) mass is 458 g/mol. The summed E-state index contributed by atoms with van der Waals surface area (Å²) in [5, 5.41) is 12.1. The van der Waals surface area contributed by atoms with Crippen molar-refractivity contribution in [1.82, 2.24) is 14.9 Å². The summed E-state index contributed by atoms with van der Waals surface area (Å²) >= 11 is 0. The van der Waals surface area contributed by atoms with Crippen LogP contribution in [0.5, 0.6) is 0 Å². The van der Waals surface area contributed by atoms with Crippen LogP contribution in [0.4, 0.5) is 5.82 Å². The van der Waals surface area contributed by atoms with Gasteiger partial charge in [-0.2, -0.15) is 4.98 Å². The number of aromatic nitrogens is 2. The van der Waals surface area contributed by atoms with Crippen LogP contribution in [0.2, 0.25) is 0 Å². The summed E-state index contributed by atoms with van der Waals surface area (Å²) in [5.74, 6) is -1.56.